The number of nitrogens with zero attached hydrogens (tertiary/aromatic N) is 3. The molecule has 4 rings (SSSR count). The third-order valence-corrected chi connectivity index (χ3v) is 3.92. The van der Waals surface area contributed by atoms with Gasteiger partial charge in [-0.15, -0.1) is 0 Å². The van der Waals surface area contributed by atoms with Gasteiger partial charge < -0.3 is 10.5 Å². The second kappa shape index (κ2) is 5.28. The zero-order chi connectivity index (χ0) is 15.8. The van der Waals surface area contributed by atoms with E-state index in [1.807, 2.05) is 47.0 Å². The summed E-state index contributed by atoms with van der Waals surface area (Å²) in [6.07, 6.45) is 2.71. The van der Waals surface area contributed by atoms with Crippen LogP contribution in [0.4, 0.5) is 5.95 Å². The molecule has 5 heteroatoms. The van der Waals surface area contributed by atoms with Crippen LogP contribution in [-0.4, -0.2) is 21.5 Å². The van der Waals surface area contributed by atoms with Crippen molar-refractivity contribution >= 4 is 22.5 Å². The summed E-state index contributed by atoms with van der Waals surface area (Å²) in [5.41, 5.74) is 9.82. The predicted octanol–water partition coefficient (Wildman–Crippen LogP) is 3.06. The fourth-order valence-electron chi connectivity index (χ4n) is 2.83. The molecule has 0 aliphatic rings. The lowest BCUT2D eigenvalue weighted by molar-refractivity contribution is 0.419. The Balaban J connectivity index is 1.91. The second-order valence-electron chi connectivity index (χ2n) is 5.41. The van der Waals surface area contributed by atoms with Gasteiger partial charge in [-0.3, -0.25) is 4.40 Å². The predicted molar refractivity (Wildman–Crippen MR) is 90.7 cm³/mol. The molecule has 0 bridgehead atoms. The van der Waals surface area contributed by atoms with E-state index < -0.39 is 0 Å². The number of imidazole rings is 1. The van der Waals surface area contributed by atoms with Crippen LogP contribution in [-0.2, 0) is 6.42 Å². The molecule has 23 heavy (non-hydrogen) atoms. The van der Waals surface area contributed by atoms with Gasteiger partial charge in [0.05, 0.1) is 12.8 Å². The molecule has 0 aliphatic heterocycles. The van der Waals surface area contributed by atoms with Crippen LogP contribution in [0, 0.1) is 0 Å². The van der Waals surface area contributed by atoms with Crippen molar-refractivity contribution in [3.63, 3.8) is 0 Å². The van der Waals surface area contributed by atoms with Gasteiger partial charge in [-0.25, -0.2) is 9.97 Å². The van der Waals surface area contributed by atoms with Crippen LogP contribution in [0.15, 0.2) is 54.7 Å². The van der Waals surface area contributed by atoms with Crippen molar-refractivity contribution in [2.45, 2.75) is 6.42 Å². The molecule has 0 saturated heterocycles. The molecule has 0 saturated carbocycles. The Morgan fingerprint density at radius 1 is 1.04 bits per heavy atom. The van der Waals surface area contributed by atoms with Crippen LogP contribution in [0.25, 0.3) is 16.6 Å². The summed E-state index contributed by atoms with van der Waals surface area (Å²) in [5, 5.41) is 0.929. The Morgan fingerprint density at radius 3 is 2.65 bits per heavy atom. The number of benzene rings is 2. The molecular weight excluding hydrogens is 288 g/mol. The Kier molecular flexibility index (Phi) is 3.12. The molecule has 0 atom stereocenters. The van der Waals surface area contributed by atoms with Gasteiger partial charge in [-0.05, 0) is 17.7 Å². The first-order chi connectivity index (χ1) is 11.3. The Labute approximate surface area is 133 Å². The van der Waals surface area contributed by atoms with Gasteiger partial charge in [0.1, 0.15) is 16.9 Å². The molecule has 5 nitrogen and oxygen atoms in total. The Morgan fingerprint density at radius 2 is 1.87 bits per heavy atom. The van der Waals surface area contributed by atoms with E-state index in [4.69, 9.17) is 15.5 Å². The van der Waals surface area contributed by atoms with E-state index in [-0.39, 0.29) is 0 Å². The summed E-state index contributed by atoms with van der Waals surface area (Å²) in [6.45, 7) is 0. The van der Waals surface area contributed by atoms with Gasteiger partial charge in [0.15, 0.2) is 0 Å². The number of nitrogens with two attached hydrogens (primary N) is 1. The number of aromatic nitrogens is 3. The number of methoxy groups -OCH3 is 1. The highest BCUT2D eigenvalue weighted by Crippen LogP contribution is 2.28. The largest absolute Gasteiger partial charge is 0.494 e. The summed E-state index contributed by atoms with van der Waals surface area (Å²) in [4.78, 5) is 9.23. The standard InChI is InChI=1S/C18H16N4O/c1-23-15-9-5-8-14-16(15)21-18(19)22-11-13(20-17(14)22)10-12-6-3-2-4-7-12/h2-9,11H,10H2,1H3,(H2,19,21). The molecule has 114 valence electrons. The average Bonchev–Trinajstić information content (AvgIpc) is 3.00. The van der Waals surface area contributed by atoms with Crippen molar-refractivity contribution in [2.75, 3.05) is 12.8 Å². The van der Waals surface area contributed by atoms with Crippen molar-refractivity contribution in [3.05, 3.63) is 66.0 Å². The Bertz CT molecular complexity index is 992. The van der Waals surface area contributed by atoms with E-state index >= 15 is 0 Å². The van der Waals surface area contributed by atoms with E-state index in [0.717, 1.165) is 28.7 Å². The molecule has 0 aliphatic carbocycles. The quantitative estimate of drug-likeness (QED) is 0.632. The van der Waals surface area contributed by atoms with Crippen molar-refractivity contribution in [3.8, 4) is 5.75 Å². The van der Waals surface area contributed by atoms with Crippen LogP contribution >= 0.6 is 0 Å². The van der Waals surface area contributed by atoms with Gasteiger partial charge in [0, 0.05) is 18.0 Å². The van der Waals surface area contributed by atoms with Crippen LogP contribution in [0.1, 0.15) is 11.3 Å². The first-order valence-electron chi connectivity index (χ1n) is 7.40. The van der Waals surface area contributed by atoms with Crippen LogP contribution in [0.2, 0.25) is 0 Å². The summed E-state index contributed by atoms with van der Waals surface area (Å²) >= 11 is 0. The number of anilines is 1. The lowest BCUT2D eigenvalue weighted by Gasteiger charge is -2.07. The minimum Gasteiger partial charge on any atom is -0.494 e. The first kappa shape index (κ1) is 13.6. The minimum absolute atomic E-state index is 0.406. The van der Waals surface area contributed by atoms with Crippen molar-refractivity contribution in [1.82, 2.24) is 14.4 Å². The summed E-state index contributed by atoms with van der Waals surface area (Å²) < 4.78 is 7.21. The van der Waals surface area contributed by atoms with Gasteiger partial charge >= 0.3 is 0 Å². The number of hydrogen-bond acceptors (Lipinski definition) is 4. The maximum absolute atomic E-state index is 6.11. The molecule has 0 amide bonds. The molecule has 2 N–H and O–H groups in total. The number of nitrogen functional groups attached to an aromatic ring is 1. The second-order valence-corrected chi connectivity index (χ2v) is 5.41. The molecule has 0 radical (unpaired) electrons. The topological polar surface area (TPSA) is 65.4 Å². The number of rotatable bonds is 3. The highest BCUT2D eigenvalue weighted by atomic mass is 16.5. The normalized spacial score (nSPS) is 11.2. The first-order valence-corrected chi connectivity index (χ1v) is 7.40. The van der Waals surface area contributed by atoms with E-state index in [0.29, 0.717) is 11.7 Å². The van der Waals surface area contributed by atoms with Crippen LogP contribution in [0.3, 0.4) is 0 Å². The summed E-state index contributed by atoms with van der Waals surface area (Å²) in [6, 6.07) is 16.0. The molecule has 2 heterocycles. The number of ether oxygens (including phenoxy) is 1. The van der Waals surface area contributed by atoms with Gasteiger partial charge in [-0.2, -0.15) is 0 Å². The molecule has 2 aromatic carbocycles. The van der Waals surface area contributed by atoms with Crippen LogP contribution in [0.5, 0.6) is 5.75 Å². The maximum atomic E-state index is 6.11. The molecule has 2 aromatic heterocycles. The van der Waals surface area contributed by atoms with E-state index in [2.05, 4.69) is 17.1 Å². The van der Waals surface area contributed by atoms with Gasteiger partial charge in [0.2, 0.25) is 5.95 Å². The van der Waals surface area contributed by atoms with Crippen molar-refractivity contribution in [1.29, 1.82) is 0 Å². The number of hydrogen-bond donors (Lipinski definition) is 1. The summed E-state index contributed by atoms with van der Waals surface area (Å²) in [5.74, 6) is 1.10. The van der Waals surface area contributed by atoms with Crippen molar-refractivity contribution < 1.29 is 4.74 Å². The highest BCUT2D eigenvalue weighted by Gasteiger charge is 2.13. The lowest BCUT2D eigenvalue weighted by Crippen LogP contribution is -2.01. The fraction of sp³-hybridized carbons (Fsp3) is 0.111. The highest BCUT2D eigenvalue weighted by molar-refractivity contribution is 5.96. The molecule has 0 unspecified atom stereocenters. The van der Waals surface area contributed by atoms with E-state index in [1.54, 1.807) is 7.11 Å². The Hall–Kier alpha value is -3.08. The SMILES string of the molecule is COc1cccc2c1nc(N)n1cc(Cc3ccccc3)nc21. The van der Waals surface area contributed by atoms with Crippen LogP contribution < -0.4 is 10.5 Å². The lowest BCUT2D eigenvalue weighted by atomic mass is 10.1. The van der Waals surface area contributed by atoms with E-state index in [1.165, 1.54) is 5.56 Å². The number of para-hydroxylation sites is 1. The average molecular weight is 304 g/mol. The fourth-order valence-corrected chi connectivity index (χ4v) is 2.83. The number of fused-ring (bicyclic) bond motifs is 3. The summed E-state index contributed by atoms with van der Waals surface area (Å²) in [7, 11) is 1.63. The zero-order valence-corrected chi connectivity index (χ0v) is 12.7. The molecule has 4 aromatic rings. The third kappa shape index (κ3) is 2.26. The van der Waals surface area contributed by atoms with E-state index in [9.17, 15) is 0 Å². The molecule has 0 fully saturated rings. The zero-order valence-electron chi connectivity index (χ0n) is 12.7. The maximum Gasteiger partial charge on any atom is 0.206 e. The third-order valence-electron chi connectivity index (χ3n) is 3.92. The van der Waals surface area contributed by atoms with Gasteiger partial charge in [-0.1, -0.05) is 36.4 Å². The molecule has 0 spiro atoms. The van der Waals surface area contributed by atoms with Crippen molar-refractivity contribution in [2.24, 2.45) is 0 Å². The smallest absolute Gasteiger partial charge is 0.206 e. The molecular formula is C18H16N4O. The van der Waals surface area contributed by atoms with Gasteiger partial charge in [0.25, 0.3) is 0 Å². The monoisotopic (exact) mass is 304 g/mol. The minimum atomic E-state index is 0.406.